The number of nitrogens with zero attached hydrogens (tertiary/aromatic N) is 4. The smallest absolute Gasteiger partial charge is 0.420 e. The minimum absolute atomic E-state index is 0.325. The fourth-order valence-electron chi connectivity index (χ4n) is 2.00. The van der Waals surface area contributed by atoms with E-state index in [1.807, 2.05) is 0 Å². The third-order valence-corrected chi connectivity index (χ3v) is 3.11. The van der Waals surface area contributed by atoms with E-state index in [1.54, 1.807) is 0 Å². The highest BCUT2D eigenvalue weighted by Crippen LogP contribution is 2.26. The number of hydrogen-bond acceptors (Lipinski definition) is 7. The number of imide groups is 1. The van der Waals surface area contributed by atoms with E-state index in [9.17, 15) is 23.2 Å². The maximum atomic E-state index is 13.9. The molecule has 0 radical (unpaired) electrons. The SMILES string of the molecule is COC(=O)[C@H](CCC(F)(F)CN=[N+]=[N-])N(C(=O)OC(C)(C)C)C(=O)OC(C)(C)C. The Labute approximate surface area is 168 Å². The van der Waals surface area contributed by atoms with Gasteiger partial charge >= 0.3 is 18.2 Å². The zero-order valence-corrected chi connectivity index (χ0v) is 17.7. The van der Waals surface area contributed by atoms with Crippen molar-refractivity contribution in [1.82, 2.24) is 4.90 Å². The first kappa shape index (κ1) is 26.4. The van der Waals surface area contributed by atoms with Crippen molar-refractivity contribution in [2.45, 2.75) is 77.6 Å². The lowest BCUT2D eigenvalue weighted by atomic mass is 10.1. The number of methoxy groups -OCH3 is 1. The molecule has 0 spiro atoms. The molecule has 166 valence electrons. The highest BCUT2D eigenvalue weighted by Gasteiger charge is 2.42. The number of esters is 1. The topological polar surface area (TPSA) is 131 Å². The Morgan fingerprint density at radius 3 is 1.83 bits per heavy atom. The Morgan fingerprint density at radius 2 is 1.48 bits per heavy atom. The summed E-state index contributed by atoms with van der Waals surface area (Å²) in [5.41, 5.74) is 6.13. The lowest BCUT2D eigenvalue weighted by Gasteiger charge is -2.32. The van der Waals surface area contributed by atoms with Gasteiger partial charge in [0.15, 0.2) is 0 Å². The van der Waals surface area contributed by atoms with E-state index >= 15 is 0 Å². The molecule has 0 aliphatic heterocycles. The zero-order chi connectivity index (χ0) is 23.0. The van der Waals surface area contributed by atoms with Gasteiger partial charge in [0.2, 0.25) is 0 Å². The van der Waals surface area contributed by atoms with Crippen molar-refractivity contribution in [3.63, 3.8) is 0 Å². The predicted molar refractivity (Wildman–Crippen MR) is 98.3 cm³/mol. The van der Waals surface area contributed by atoms with Crippen molar-refractivity contribution in [1.29, 1.82) is 0 Å². The van der Waals surface area contributed by atoms with Crippen LogP contribution in [-0.2, 0) is 19.0 Å². The van der Waals surface area contributed by atoms with Crippen LogP contribution < -0.4 is 0 Å². The molecular weight excluding hydrogens is 394 g/mol. The second-order valence-electron chi connectivity index (χ2n) is 8.15. The molecule has 0 aliphatic rings. The van der Waals surface area contributed by atoms with Gasteiger partial charge in [-0.3, -0.25) is 0 Å². The number of alkyl halides is 2. The van der Waals surface area contributed by atoms with Gasteiger partial charge in [0.1, 0.15) is 17.2 Å². The van der Waals surface area contributed by atoms with Gasteiger partial charge in [-0.05, 0) is 53.5 Å². The molecule has 0 heterocycles. The summed E-state index contributed by atoms with van der Waals surface area (Å²) in [5, 5.41) is 2.82. The molecule has 0 aromatic heterocycles. The summed E-state index contributed by atoms with van der Waals surface area (Å²) < 4.78 is 42.6. The summed E-state index contributed by atoms with van der Waals surface area (Å²) in [6.45, 7) is 8.02. The van der Waals surface area contributed by atoms with Crippen LogP contribution in [0.4, 0.5) is 18.4 Å². The molecule has 0 aromatic carbocycles. The zero-order valence-electron chi connectivity index (χ0n) is 17.7. The van der Waals surface area contributed by atoms with Crippen LogP contribution in [0, 0.1) is 0 Å². The van der Waals surface area contributed by atoms with Gasteiger partial charge in [-0.2, -0.15) is 4.90 Å². The van der Waals surface area contributed by atoms with Crippen molar-refractivity contribution in [3.05, 3.63) is 10.4 Å². The quantitative estimate of drug-likeness (QED) is 0.196. The number of azide groups is 1. The molecule has 0 saturated carbocycles. The maximum absolute atomic E-state index is 13.9. The van der Waals surface area contributed by atoms with Crippen molar-refractivity contribution < 1.29 is 37.4 Å². The van der Waals surface area contributed by atoms with E-state index < -0.39 is 60.7 Å². The Balaban J connectivity index is 5.89. The molecular formula is C17H28F2N4O6. The van der Waals surface area contributed by atoms with E-state index in [0.717, 1.165) is 7.11 Å². The number of carbonyl (C=O) groups is 3. The van der Waals surface area contributed by atoms with Gasteiger partial charge < -0.3 is 14.2 Å². The van der Waals surface area contributed by atoms with Crippen LogP contribution in [0.3, 0.4) is 0 Å². The molecule has 0 unspecified atom stereocenters. The highest BCUT2D eigenvalue weighted by atomic mass is 19.3. The molecule has 0 saturated heterocycles. The molecule has 0 bridgehead atoms. The fraction of sp³-hybridized carbons (Fsp3) is 0.824. The summed E-state index contributed by atoms with van der Waals surface area (Å²) in [5.74, 6) is -4.58. The molecule has 2 amide bonds. The standard InChI is InChI=1S/C17H28F2N4O6/c1-15(2,3)28-13(25)23(14(26)29-16(4,5)6)11(12(24)27-7)8-9-17(18,19)10-21-22-20/h11H,8-10H2,1-7H3/t11-/m0/s1. The summed E-state index contributed by atoms with van der Waals surface area (Å²) in [6, 6.07) is -1.73. The second kappa shape index (κ2) is 10.2. The molecule has 0 aromatic rings. The van der Waals surface area contributed by atoms with E-state index in [2.05, 4.69) is 14.8 Å². The van der Waals surface area contributed by atoms with Crippen LogP contribution in [0.15, 0.2) is 5.11 Å². The summed E-state index contributed by atoms with van der Waals surface area (Å²) in [7, 11) is 0.982. The maximum Gasteiger partial charge on any atom is 0.420 e. The summed E-state index contributed by atoms with van der Waals surface area (Å²) >= 11 is 0. The first-order valence-corrected chi connectivity index (χ1v) is 8.74. The minimum Gasteiger partial charge on any atom is -0.467 e. The Bertz CT molecular complexity index is 623. The number of rotatable bonds is 7. The van der Waals surface area contributed by atoms with E-state index in [0.29, 0.717) is 4.90 Å². The van der Waals surface area contributed by atoms with Gasteiger partial charge in [-0.15, -0.1) is 0 Å². The van der Waals surface area contributed by atoms with Crippen LogP contribution in [0.5, 0.6) is 0 Å². The van der Waals surface area contributed by atoms with Crippen molar-refractivity contribution in [2.75, 3.05) is 13.7 Å². The van der Waals surface area contributed by atoms with Gasteiger partial charge in [0.25, 0.3) is 5.92 Å². The molecule has 0 N–H and O–H groups in total. The highest BCUT2D eigenvalue weighted by molar-refractivity contribution is 5.94. The fourth-order valence-corrected chi connectivity index (χ4v) is 2.00. The Morgan fingerprint density at radius 1 is 1.03 bits per heavy atom. The normalized spacial score (nSPS) is 13.0. The van der Waals surface area contributed by atoms with Crippen LogP contribution in [0.25, 0.3) is 10.4 Å². The van der Waals surface area contributed by atoms with Crippen molar-refractivity contribution in [2.24, 2.45) is 5.11 Å². The van der Waals surface area contributed by atoms with Crippen LogP contribution in [0.1, 0.15) is 54.4 Å². The molecule has 0 fully saturated rings. The first-order valence-electron chi connectivity index (χ1n) is 8.74. The molecule has 1 atom stereocenters. The first-order chi connectivity index (χ1) is 13.0. The predicted octanol–water partition coefficient (Wildman–Crippen LogP) is 4.43. The summed E-state index contributed by atoms with van der Waals surface area (Å²) in [4.78, 5) is 40.0. The van der Waals surface area contributed by atoms with Crippen molar-refractivity contribution in [3.8, 4) is 0 Å². The Hall–Kier alpha value is -2.62. The largest absolute Gasteiger partial charge is 0.467 e. The van der Waals surface area contributed by atoms with Crippen LogP contribution in [0.2, 0.25) is 0 Å². The van der Waals surface area contributed by atoms with E-state index in [-0.39, 0.29) is 0 Å². The second-order valence-corrected chi connectivity index (χ2v) is 8.15. The molecule has 0 rings (SSSR count). The van der Waals surface area contributed by atoms with Gasteiger partial charge in [-0.1, -0.05) is 5.11 Å². The van der Waals surface area contributed by atoms with Gasteiger partial charge in [0, 0.05) is 11.3 Å². The molecule has 10 nitrogen and oxygen atoms in total. The van der Waals surface area contributed by atoms with E-state index in [4.69, 9.17) is 15.0 Å². The lowest BCUT2D eigenvalue weighted by molar-refractivity contribution is -0.147. The molecule has 12 heteroatoms. The number of carbonyl (C=O) groups excluding carboxylic acids is 3. The van der Waals surface area contributed by atoms with Gasteiger partial charge in [0.05, 0.1) is 13.7 Å². The van der Waals surface area contributed by atoms with E-state index in [1.165, 1.54) is 41.5 Å². The lowest BCUT2D eigenvalue weighted by Crippen LogP contribution is -2.52. The number of halogens is 2. The van der Waals surface area contributed by atoms with Crippen molar-refractivity contribution >= 4 is 18.2 Å². The number of amides is 2. The number of hydrogen-bond donors (Lipinski definition) is 0. The van der Waals surface area contributed by atoms with Crippen LogP contribution in [-0.4, -0.2) is 59.9 Å². The molecule has 29 heavy (non-hydrogen) atoms. The Kier molecular flexibility index (Phi) is 9.32. The third kappa shape index (κ3) is 10.5. The molecule has 0 aliphatic carbocycles. The monoisotopic (exact) mass is 422 g/mol. The third-order valence-electron chi connectivity index (χ3n) is 3.11. The minimum atomic E-state index is -3.47. The van der Waals surface area contributed by atoms with Gasteiger partial charge in [-0.25, -0.2) is 23.2 Å². The average molecular weight is 422 g/mol. The average Bonchev–Trinajstić information content (AvgIpc) is 2.52. The number of ether oxygens (including phenoxy) is 3. The van der Waals surface area contributed by atoms with Crippen LogP contribution >= 0.6 is 0 Å². The summed E-state index contributed by atoms with van der Waals surface area (Å²) in [6.07, 6.45) is -4.13.